The smallest absolute Gasteiger partial charge is 0.0522 e. The first kappa shape index (κ1) is 13.6. The van der Waals surface area contributed by atoms with Crippen molar-refractivity contribution >= 4 is 27.5 Å². The third kappa shape index (κ3) is 3.13. The highest BCUT2D eigenvalue weighted by Gasteiger charge is 2.12. The van der Waals surface area contributed by atoms with Crippen LogP contribution in [0.15, 0.2) is 35.1 Å². The zero-order valence-electron chi connectivity index (χ0n) is 10.1. The summed E-state index contributed by atoms with van der Waals surface area (Å²) in [4.78, 5) is 0. The molecule has 0 bridgehead atoms. The summed E-state index contributed by atoms with van der Waals surface area (Å²) in [6.07, 6.45) is 4.64. The van der Waals surface area contributed by atoms with Crippen molar-refractivity contribution in [3.05, 3.63) is 51.2 Å². The van der Waals surface area contributed by atoms with E-state index in [0.29, 0.717) is 5.02 Å². The van der Waals surface area contributed by atoms with E-state index in [0.717, 1.165) is 28.6 Å². The van der Waals surface area contributed by atoms with E-state index in [1.807, 2.05) is 35.3 Å². The second kappa shape index (κ2) is 5.87. The highest BCUT2D eigenvalue weighted by Crippen LogP contribution is 2.27. The largest absolute Gasteiger partial charge is 0.324 e. The molecule has 2 N–H and O–H groups in total. The lowest BCUT2D eigenvalue weighted by Gasteiger charge is -2.13. The van der Waals surface area contributed by atoms with Gasteiger partial charge in [0.1, 0.15) is 0 Å². The van der Waals surface area contributed by atoms with E-state index in [1.165, 1.54) is 0 Å². The van der Waals surface area contributed by atoms with E-state index >= 15 is 0 Å². The van der Waals surface area contributed by atoms with Crippen LogP contribution < -0.4 is 5.73 Å². The topological polar surface area (TPSA) is 43.8 Å². The van der Waals surface area contributed by atoms with Crippen molar-refractivity contribution in [2.75, 3.05) is 0 Å². The van der Waals surface area contributed by atoms with Crippen molar-refractivity contribution in [1.29, 1.82) is 0 Å². The van der Waals surface area contributed by atoms with E-state index in [9.17, 15) is 0 Å². The monoisotopic (exact) mass is 327 g/mol. The first-order valence-electron chi connectivity index (χ1n) is 5.82. The molecule has 18 heavy (non-hydrogen) atoms. The predicted molar refractivity (Wildman–Crippen MR) is 77.7 cm³/mol. The molecule has 0 spiro atoms. The van der Waals surface area contributed by atoms with E-state index < -0.39 is 0 Å². The molecule has 0 saturated carbocycles. The Labute approximate surface area is 120 Å². The van der Waals surface area contributed by atoms with Crippen LogP contribution in [0, 0.1) is 0 Å². The number of aryl methyl sites for hydroxylation is 1. The van der Waals surface area contributed by atoms with Crippen molar-refractivity contribution < 1.29 is 0 Å². The van der Waals surface area contributed by atoms with Gasteiger partial charge >= 0.3 is 0 Å². The third-order valence-electron chi connectivity index (χ3n) is 2.82. The van der Waals surface area contributed by atoms with Crippen molar-refractivity contribution in [3.63, 3.8) is 0 Å². The molecule has 0 aliphatic heterocycles. The Morgan fingerprint density at radius 3 is 2.94 bits per heavy atom. The molecule has 2 rings (SSSR count). The van der Waals surface area contributed by atoms with Crippen LogP contribution in [-0.4, -0.2) is 9.78 Å². The maximum absolute atomic E-state index is 6.22. The molecule has 0 saturated heterocycles. The standard InChI is InChI=1S/C13H15BrClN3/c1-2-18-8-9(7-17-18)5-13(16)11-6-10(15)3-4-12(11)14/h3-4,6-8,13H,2,5,16H2,1H3. The van der Waals surface area contributed by atoms with Gasteiger partial charge in [0.15, 0.2) is 0 Å². The number of benzene rings is 1. The number of aromatic nitrogens is 2. The second-order valence-corrected chi connectivity index (χ2v) is 5.47. The average molecular weight is 329 g/mol. The number of nitrogens with two attached hydrogens (primary N) is 1. The van der Waals surface area contributed by atoms with Gasteiger partial charge in [-0.05, 0) is 42.7 Å². The van der Waals surface area contributed by atoms with Crippen LogP contribution in [0.4, 0.5) is 0 Å². The number of rotatable bonds is 4. The maximum atomic E-state index is 6.22. The minimum Gasteiger partial charge on any atom is -0.324 e. The average Bonchev–Trinajstić information content (AvgIpc) is 2.80. The highest BCUT2D eigenvalue weighted by atomic mass is 79.9. The van der Waals surface area contributed by atoms with Crippen LogP contribution in [0.5, 0.6) is 0 Å². The molecule has 2 aromatic rings. The molecule has 5 heteroatoms. The summed E-state index contributed by atoms with van der Waals surface area (Å²) in [7, 11) is 0. The Hall–Kier alpha value is -0.840. The van der Waals surface area contributed by atoms with Gasteiger partial charge in [-0.3, -0.25) is 4.68 Å². The Balaban J connectivity index is 2.16. The minimum atomic E-state index is -0.0902. The third-order valence-corrected chi connectivity index (χ3v) is 3.78. The zero-order chi connectivity index (χ0) is 13.1. The van der Waals surface area contributed by atoms with Gasteiger partial charge in [-0.1, -0.05) is 27.5 Å². The molecule has 1 atom stereocenters. The minimum absolute atomic E-state index is 0.0902. The summed E-state index contributed by atoms with van der Waals surface area (Å²) in [5.41, 5.74) is 8.38. The van der Waals surface area contributed by atoms with E-state index in [2.05, 4.69) is 28.0 Å². The predicted octanol–water partition coefficient (Wildman–Crippen LogP) is 3.56. The summed E-state index contributed by atoms with van der Waals surface area (Å²) in [6, 6.07) is 5.58. The van der Waals surface area contributed by atoms with Crippen LogP contribution in [0.1, 0.15) is 24.1 Å². The van der Waals surface area contributed by atoms with Gasteiger partial charge in [-0.2, -0.15) is 5.10 Å². The van der Waals surface area contributed by atoms with Crippen molar-refractivity contribution in [1.82, 2.24) is 9.78 Å². The summed E-state index contributed by atoms with van der Waals surface area (Å²) >= 11 is 9.50. The lowest BCUT2D eigenvalue weighted by atomic mass is 10.0. The molecule has 1 aromatic heterocycles. The number of hydrogen-bond acceptors (Lipinski definition) is 2. The Morgan fingerprint density at radius 1 is 1.50 bits per heavy atom. The quantitative estimate of drug-likeness (QED) is 0.932. The van der Waals surface area contributed by atoms with E-state index in [-0.39, 0.29) is 6.04 Å². The molecule has 1 aromatic carbocycles. The molecule has 3 nitrogen and oxygen atoms in total. The van der Waals surface area contributed by atoms with Crippen molar-refractivity contribution in [2.24, 2.45) is 5.73 Å². The summed E-state index contributed by atoms with van der Waals surface area (Å²) < 4.78 is 2.89. The van der Waals surface area contributed by atoms with Gasteiger partial charge in [0.25, 0.3) is 0 Å². The molecular formula is C13H15BrClN3. The second-order valence-electron chi connectivity index (χ2n) is 4.18. The van der Waals surface area contributed by atoms with Gasteiger partial charge in [0, 0.05) is 28.3 Å². The van der Waals surface area contributed by atoms with Gasteiger partial charge < -0.3 is 5.73 Å². The number of halogens is 2. The Kier molecular flexibility index (Phi) is 4.43. The normalized spacial score (nSPS) is 12.7. The van der Waals surface area contributed by atoms with Crippen LogP contribution in [0.25, 0.3) is 0 Å². The molecule has 0 radical (unpaired) electrons. The fourth-order valence-corrected chi connectivity index (χ4v) is 2.57. The molecule has 0 aliphatic rings. The van der Waals surface area contributed by atoms with Crippen molar-refractivity contribution in [2.45, 2.75) is 25.9 Å². The van der Waals surface area contributed by atoms with Crippen LogP contribution in [0.3, 0.4) is 0 Å². The molecule has 1 unspecified atom stereocenters. The molecule has 1 heterocycles. The van der Waals surface area contributed by atoms with Gasteiger partial charge in [0.2, 0.25) is 0 Å². The van der Waals surface area contributed by atoms with Crippen LogP contribution in [0.2, 0.25) is 5.02 Å². The molecule has 0 fully saturated rings. The van der Waals surface area contributed by atoms with E-state index in [4.69, 9.17) is 17.3 Å². The molecule has 96 valence electrons. The fourth-order valence-electron chi connectivity index (χ4n) is 1.85. The Bertz CT molecular complexity index is 539. The molecule has 0 aliphatic carbocycles. The van der Waals surface area contributed by atoms with Crippen LogP contribution >= 0.6 is 27.5 Å². The first-order valence-corrected chi connectivity index (χ1v) is 6.99. The fraction of sp³-hybridized carbons (Fsp3) is 0.308. The lowest BCUT2D eigenvalue weighted by molar-refractivity contribution is 0.657. The number of hydrogen-bond donors (Lipinski definition) is 1. The Morgan fingerprint density at radius 2 is 2.28 bits per heavy atom. The maximum Gasteiger partial charge on any atom is 0.0522 e. The van der Waals surface area contributed by atoms with Gasteiger partial charge in [0.05, 0.1) is 6.20 Å². The summed E-state index contributed by atoms with van der Waals surface area (Å²) in [5.74, 6) is 0. The van der Waals surface area contributed by atoms with E-state index in [1.54, 1.807) is 0 Å². The molecular weight excluding hydrogens is 314 g/mol. The summed E-state index contributed by atoms with van der Waals surface area (Å²) in [6.45, 7) is 2.93. The summed E-state index contributed by atoms with van der Waals surface area (Å²) in [5, 5.41) is 4.95. The first-order chi connectivity index (χ1) is 8.60. The molecule has 0 amide bonds. The van der Waals surface area contributed by atoms with Gasteiger partial charge in [-0.25, -0.2) is 0 Å². The number of nitrogens with zero attached hydrogens (tertiary/aromatic N) is 2. The van der Waals surface area contributed by atoms with Crippen LogP contribution in [-0.2, 0) is 13.0 Å². The zero-order valence-corrected chi connectivity index (χ0v) is 12.4. The van der Waals surface area contributed by atoms with Gasteiger partial charge in [-0.15, -0.1) is 0 Å². The van der Waals surface area contributed by atoms with Crippen molar-refractivity contribution in [3.8, 4) is 0 Å². The lowest BCUT2D eigenvalue weighted by Crippen LogP contribution is -2.13. The highest BCUT2D eigenvalue weighted by molar-refractivity contribution is 9.10. The SMILES string of the molecule is CCn1cc(CC(N)c2cc(Cl)ccc2Br)cn1.